The summed E-state index contributed by atoms with van der Waals surface area (Å²) in [6.07, 6.45) is 3.03. The molecule has 1 aromatic rings. The maximum absolute atomic E-state index is 10.3. The van der Waals surface area contributed by atoms with Crippen molar-refractivity contribution in [2.24, 2.45) is 0 Å². The van der Waals surface area contributed by atoms with Crippen molar-refractivity contribution in [3.63, 3.8) is 0 Å². The lowest BCUT2D eigenvalue weighted by molar-refractivity contribution is -0.110. The molecule has 0 amide bonds. The zero-order valence-electron chi connectivity index (χ0n) is 6.03. The van der Waals surface area contributed by atoms with E-state index in [4.69, 9.17) is 6.92 Å². The summed E-state index contributed by atoms with van der Waals surface area (Å²) in [4.78, 5) is 10.3. The average Bonchev–Trinajstić information content (AvgIpc) is 2.03. The van der Waals surface area contributed by atoms with Crippen molar-refractivity contribution in [1.82, 2.24) is 0 Å². The van der Waals surface area contributed by atoms with Crippen LogP contribution in [0.15, 0.2) is 36.4 Å². The molecule has 0 spiro atoms. The smallest absolute Gasteiger partial charge is 0.160 e. The molecule has 0 heterocycles. The second-order valence-corrected chi connectivity index (χ2v) is 2.15. The van der Waals surface area contributed by atoms with Crippen molar-refractivity contribution in [2.45, 2.75) is 0 Å². The minimum absolute atomic E-state index is 0.422. The first kappa shape index (κ1) is 7.73. The summed E-state index contributed by atoms with van der Waals surface area (Å²) < 4.78 is 0. The molecule has 0 N–H and O–H groups in total. The Morgan fingerprint density at radius 2 is 1.91 bits per heavy atom. The van der Waals surface area contributed by atoms with Crippen LogP contribution in [0.25, 0.3) is 6.08 Å². The largest absolute Gasteiger partial charge is 0.294 e. The highest BCUT2D eigenvalue weighted by atomic mass is 16.1. The molecule has 0 atom stereocenters. The number of ketones is 1. The highest BCUT2D eigenvalue weighted by Gasteiger charge is 1.84. The number of hydrogen-bond acceptors (Lipinski definition) is 1. The average molecular weight is 144 g/mol. The third-order valence-electron chi connectivity index (χ3n) is 1.24. The number of carbonyl (C=O) groups is 1. The second kappa shape index (κ2) is 3.71. The number of benzene rings is 1. The molecule has 1 heteroatoms. The summed E-state index contributed by atoms with van der Waals surface area (Å²) in [5, 5.41) is 0. The predicted molar refractivity (Wildman–Crippen MR) is 44.8 cm³/mol. The van der Waals surface area contributed by atoms with Crippen LogP contribution in [0, 0.1) is 6.92 Å². The van der Waals surface area contributed by atoms with Gasteiger partial charge < -0.3 is 0 Å². The molecular weight excluding hydrogens is 136 g/mol. The molecule has 1 rings (SSSR count). The monoisotopic (exact) mass is 144 g/mol. The maximum atomic E-state index is 10.3. The highest BCUT2D eigenvalue weighted by Crippen LogP contribution is 2.00. The predicted octanol–water partition coefficient (Wildman–Crippen LogP) is 1.98. The van der Waals surface area contributed by atoms with E-state index in [1.807, 2.05) is 30.3 Å². The van der Waals surface area contributed by atoms with Gasteiger partial charge in [-0.05, 0) is 11.6 Å². The van der Waals surface area contributed by atoms with E-state index in [0.717, 1.165) is 5.56 Å². The zero-order chi connectivity index (χ0) is 8.10. The molecule has 54 valence electrons. The van der Waals surface area contributed by atoms with Gasteiger partial charge in [0.2, 0.25) is 0 Å². The summed E-state index contributed by atoms with van der Waals surface area (Å²) in [5.41, 5.74) is 0.978. The van der Waals surface area contributed by atoms with Gasteiger partial charge >= 0.3 is 0 Å². The molecule has 0 saturated carbocycles. The lowest BCUT2D eigenvalue weighted by Crippen LogP contribution is -1.79. The van der Waals surface area contributed by atoms with E-state index in [1.54, 1.807) is 6.08 Å². The van der Waals surface area contributed by atoms with Crippen LogP contribution >= 0.6 is 0 Å². The SMILES string of the molecule is [CH]C(=O)C=Cc1ccccc1. The van der Waals surface area contributed by atoms with E-state index in [1.165, 1.54) is 6.08 Å². The molecule has 0 aliphatic rings. The standard InChI is InChI=1S/C10H8O/c1-9(11)7-8-10-5-3-2-4-6-10/h1-8H. The van der Waals surface area contributed by atoms with Crippen molar-refractivity contribution in [3.8, 4) is 0 Å². The van der Waals surface area contributed by atoms with E-state index in [0.29, 0.717) is 0 Å². The quantitative estimate of drug-likeness (QED) is 0.580. The normalized spacial score (nSPS) is 10.3. The molecule has 0 saturated heterocycles. The van der Waals surface area contributed by atoms with Crippen LogP contribution in [-0.4, -0.2) is 5.78 Å². The van der Waals surface area contributed by atoms with Gasteiger partial charge in [-0.25, -0.2) is 0 Å². The Labute approximate surface area is 66.4 Å². The Kier molecular flexibility index (Phi) is 2.61. The minimum Gasteiger partial charge on any atom is -0.294 e. The van der Waals surface area contributed by atoms with Gasteiger partial charge in [0, 0.05) is 6.92 Å². The molecule has 0 unspecified atom stereocenters. The van der Waals surface area contributed by atoms with Crippen LogP contribution in [0.5, 0.6) is 0 Å². The molecule has 1 nitrogen and oxygen atoms in total. The Balaban J connectivity index is 2.72. The van der Waals surface area contributed by atoms with Gasteiger partial charge in [-0.3, -0.25) is 4.79 Å². The molecule has 0 aliphatic carbocycles. The molecule has 0 fully saturated rings. The summed E-state index contributed by atoms with van der Waals surface area (Å²) in [6.45, 7) is 4.91. The van der Waals surface area contributed by atoms with Crippen molar-refractivity contribution < 1.29 is 4.79 Å². The first-order chi connectivity index (χ1) is 5.29. The van der Waals surface area contributed by atoms with E-state index in [9.17, 15) is 4.79 Å². The molecule has 0 aliphatic heterocycles. The fraction of sp³-hybridized carbons (Fsp3) is 0. The number of carbonyl (C=O) groups excluding carboxylic acids is 1. The van der Waals surface area contributed by atoms with E-state index in [-0.39, 0.29) is 0 Å². The van der Waals surface area contributed by atoms with Gasteiger partial charge in [0.25, 0.3) is 0 Å². The molecule has 2 radical (unpaired) electrons. The fourth-order valence-corrected chi connectivity index (χ4v) is 0.743. The number of allylic oxidation sites excluding steroid dienone is 1. The fourth-order valence-electron chi connectivity index (χ4n) is 0.743. The van der Waals surface area contributed by atoms with Crippen molar-refractivity contribution in [2.75, 3.05) is 0 Å². The summed E-state index contributed by atoms with van der Waals surface area (Å²) in [7, 11) is 0. The van der Waals surface area contributed by atoms with Crippen LogP contribution in [0.2, 0.25) is 0 Å². The van der Waals surface area contributed by atoms with Crippen LogP contribution < -0.4 is 0 Å². The third-order valence-corrected chi connectivity index (χ3v) is 1.24. The molecule has 0 bridgehead atoms. The zero-order valence-corrected chi connectivity index (χ0v) is 6.03. The Morgan fingerprint density at radius 3 is 2.45 bits per heavy atom. The van der Waals surface area contributed by atoms with Gasteiger partial charge in [0.1, 0.15) is 0 Å². The van der Waals surface area contributed by atoms with Gasteiger partial charge in [0.05, 0.1) is 0 Å². The molecular formula is C10H8O. The highest BCUT2D eigenvalue weighted by molar-refractivity contribution is 5.96. The Bertz CT molecular complexity index is 259. The van der Waals surface area contributed by atoms with Crippen LogP contribution in [0.1, 0.15) is 5.56 Å². The van der Waals surface area contributed by atoms with E-state index < -0.39 is 5.78 Å². The van der Waals surface area contributed by atoms with Crippen LogP contribution in [-0.2, 0) is 4.79 Å². The molecule has 1 aromatic carbocycles. The maximum Gasteiger partial charge on any atom is 0.160 e. The lowest BCUT2D eigenvalue weighted by Gasteiger charge is -1.88. The van der Waals surface area contributed by atoms with Gasteiger partial charge in [-0.1, -0.05) is 36.4 Å². The van der Waals surface area contributed by atoms with E-state index in [2.05, 4.69) is 0 Å². The minimum atomic E-state index is -0.422. The summed E-state index contributed by atoms with van der Waals surface area (Å²) >= 11 is 0. The number of hydrogen-bond donors (Lipinski definition) is 0. The van der Waals surface area contributed by atoms with E-state index >= 15 is 0 Å². The third kappa shape index (κ3) is 2.80. The molecule has 0 aromatic heterocycles. The van der Waals surface area contributed by atoms with Crippen LogP contribution in [0.4, 0.5) is 0 Å². The topological polar surface area (TPSA) is 17.1 Å². The Hall–Kier alpha value is -1.37. The number of rotatable bonds is 2. The van der Waals surface area contributed by atoms with Gasteiger partial charge in [-0.2, -0.15) is 0 Å². The molecule has 11 heavy (non-hydrogen) atoms. The van der Waals surface area contributed by atoms with Crippen molar-refractivity contribution in [3.05, 3.63) is 48.9 Å². The van der Waals surface area contributed by atoms with Gasteiger partial charge in [-0.15, -0.1) is 0 Å². The summed E-state index contributed by atoms with van der Waals surface area (Å²) in [6, 6.07) is 9.53. The summed E-state index contributed by atoms with van der Waals surface area (Å²) in [5.74, 6) is -0.422. The first-order valence-electron chi connectivity index (χ1n) is 3.31. The lowest BCUT2D eigenvalue weighted by atomic mass is 10.2. The van der Waals surface area contributed by atoms with Gasteiger partial charge in [0.15, 0.2) is 5.78 Å². The first-order valence-corrected chi connectivity index (χ1v) is 3.31. The van der Waals surface area contributed by atoms with Crippen LogP contribution in [0.3, 0.4) is 0 Å². The second-order valence-electron chi connectivity index (χ2n) is 2.15. The van der Waals surface area contributed by atoms with Crippen molar-refractivity contribution in [1.29, 1.82) is 0 Å². The van der Waals surface area contributed by atoms with Crippen molar-refractivity contribution >= 4 is 11.9 Å². The Morgan fingerprint density at radius 1 is 1.27 bits per heavy atom.